The first-order valence-corrected chi connectivity index (χ1v) is 11.2. The summed E-state index contributed by atoms with van der Waals surface area (Å²) >= 11 is 1.83. The lowest BCUT2D eigenvalue weighted by atomic mass is 9.87. The van der Waals surface area contributed by atoms with Crippen molar-refractivity contribution in [3.8, 4) is 11.5 Å². The molecule has 0 aliphatic heterocycles. The second-order valence-corrected chi connectivity index (χ2v) is 8.63. The summed E-state index contributed by atoms with van der Waals surface area (Å²) in [6, 6.07) is 21.7. The number of rotatable bonds is 10. The van der Waals surface area contributed by atoms with Gasteiger partial charge in [-0.2, -0.15) is 0 Å². The molecule has 154 valence electrons. The van der Waals surface area contributed by atoms with Crippen molar-refractivity contribution in [1.82, 2.24) is 0 Å². The summed E-state index contributed by atoms with van der Waals surface area (Å²) in [5.41, 5.74) is 2.53. The van der Waals surface area contributed by atoms with E-state index < -0.39 is 0 Å². The van der Waals surface area contributed by atoms with Gasteiger partial charge in [-0.25, -0.2) is 0 Å². The average molecular weight is 411 g/mol. The van der Waals surface area contributed by atoms with Gasteiger partial charge in [0.15, 0.2) is 0 Å². The molecule has 0 spiro atoms. The molecular formula is C25H32NO2S+. The Morgan fingerprint density at radius 2 is 1.69 bits per heavy atom. The van der Waals surface area contributed by atoms with Crippen molar-refractivity contribution in [2.45, 2.75) is 45.3 Å². The molecule has 2 aromatic carbocycles. The van der Waals surface area contributed by atoms with Gasteiger partial charge in [0.1, 0.15) is 17.5 Å². The Bertz CT molecular complexity index is 859. The summed E-state index contributed by atoms with van der Waals surface area (Å²) in [4.78, 5) is 1.43. The van der Waals surface area contributed by atoms with Crippen LogP contribution in [0.1, 0.15) is 55.2 Å². The van der Waals surface area contributed by atoms with Crippen LogP contribution in [0, 0.1) is 0 Å². The van der Waals surface area contributed by atoms with Crippen LogP contribution in [-0.4, -0.2) is 19.8 Å². The lowest BCUT2D eigenvalue weighted by Crippen LogP contribution is -2.84. The van der Waals surface area contributed by atoms with Gasteiger partial charge < -0.3 is 14.8 Å². The molecule has 0 saturated heterocycles. The zero-order valence-corrected chi connectivity index (χ0v) is 18.6. The fourth-order valence-corrected chi connectivity index (χ4v) is 4.47. The molecule has 0 aliphatic carbocycles. The highest BCUT2D eigenvalue weighted by Crippen LogP contribution is 2.34. The van der Waals surface area contributed by atoms with Crippen molar-refractivity contribution in [1.29, 1.82) is 0 Å². The maximum Gasteiger partial charge on any atom is 0.122 e. The third-order valence-electron chi connectivity index (χ3n) is 5.14. The average Bonchev–Trinajstić information content (AvgIpc) is 3.26. The minimum atomic E-state index is 0.180. The number of thiophene rings is 1. The molecule has 0 saturated carbocycles. The Labute approximate surface area is 178 Å². The number of ether oxygens (including phenoxy) is 2. The fourth-order valence-electron chi connectivity index (χ4n) is 3.69. The molecular weight excluding hydrogens is 378 g/mol. The standard InChI is InChI=1S/C25H31NO2S/c1-18(2)28-21-13-11-20(12-14-21)22(23-8-5-6-9-24(23)27-4)15-16-26-19(3)25-10-7-17-29-25/h5-14,17-19,22,26H,15-16H2,1-4H3/p+1/t19-,22-/m1/s1. The molecule has 4 heteroatoms. The Hall–Kier alpha value is -2.30. The molecule has 0 bridgehead atoms. The first kappa shape index (κ1) is 21.4. The van der Waals surface area contributed by atoms with Gasteiger partial charge in [0.2, 0.25) is 0 Å². The molecule has 3 rings (SSSR count). The lowest BCUT2D eigenvalue weighted by Gasteiger charge is -2.21. The highest BCUT2D eigenvalue weighted by Gasteiger charge is 2.20. The Morgan fingerprint density at radius 1 is 0.931 bits per heavy atom. The second-order valence-electron chi connectivity index (χ2n) is 7.65. The largest absolute Gasteiger partial charge is 0.496 e. The highest BCUT2D eigenvalue weighted by molar-refractivity contribution is 7.10. The molecule has 0 radical (unpaired) electrons. The van der Waals surface area contributed by atoms with Gasteiger partial charge in [-0.3, -0.25) is 0 Å². The summed E-state index contributed by atoms with van der Waals surface area (Å²) in [6.07, 6.45) is 1.22. The molecule has 2 N–H and O–H groups in total. The molecule has 0 amide bonds. The smallest absolute Gasteiger partial charge is 0.122 e. The number of hydrogen-bond acceptors (Lipinski definition) is 3. The third kappa shape index (κ3) is 5.84. The lowest BCUT2D eigenvalue weighted by molar-refractivity contribution is -0.692. The van der Waals surface area contributed by atoms with E-state index in [2.05, 4.69) is 86.1 Å². The van der Waals surface area contributed by atoms with Gasteiger partial charge in [-0.1, -0.05) is 36.4 Å². The minimum Gasteiger partial charge on any atom is -0.496 e. The van der Waals surface area contributed by atoms with Crippen LogP contribution in [0.3, 0.4) is 0 Å². The quantitative estimate of drug-likeness (QED) is 0.486. The Kier molecular flexibility index (Phi) is 7.73. The van der Waals surface area contributed by atoms with Crippen molar-refractivity contribution >= 4 is 11.3 Å². The van der Waals surface area contributed by atoms with Crippen LogP contribution in [0.4, 0.5) is 0 Å². The van der Waals surface area contributed by atoms with Gasteiger partial charge in [-0.05, 0) is 56.0 Å². The van der Waals surface area contributed by atoms with E-state index in [0.717, 1.165) is 24.5 Å². The van der Waals surface area contributed by atoms with Crippen LogP contribution >= 0.6 is 11.3 Å². The van der Waals surface area contributed by atoms with Crippen molar-refractivity contribution in [3.63, 3.8) is 0 Å². The minimum absolute atomic E-state index is 0.180. The van der Waals surface area contributed by atoms with Gasteiger partial charge >= 0.3 is 0 Å². The van der Waals surface area contributed by atoms with Gasteiger partial charge in [0.05, 0.1) is 24.6 Å². The highest BCUT2D eigenvalue weighted by atomic mass is 32.1. The van der Waals surface area contributed by atoms with Crippen LogP contribution in [0.2, 0.25) is 0 Å². The second kappa shape index (κ2) is 10.5. The zero-order valence-electron chi connectivity index (χ0n) is 17.8. The van der Waals surface area contributed by atoms with Crippen LogP contribution in [-0.2, 0) is 0 Å². The van der Waals surface area contributed by atoms with Crippen LogP contribution in [0.25, 0.3) is 0 Å². The van der Waals surface area contributed by atoms with E-state index in [9.17, 15) is 0 Å². The maximum absolute atomic E-state index is 5.82. The van der Waals surface area contributed by atoms with E-state index in [-0.39, 0.29) is 12.0 Å². The molecule has 0 fully saturated rings. The fraction of sp³-hybridized carbons (Fsp3) is 0.360. The molecule has 0 unspecified atom stereocenters. The SMILES string of the molecule is COc1ccccc1[C@H](CC[NH2+][C@H](C)c1cccs1)c1ccc(OC(C)C)cc1. The van der Waals surface area contributed by atoms with Crippen LogP contribution in [0.15, 0.2) is 66.0 Å². The van der Waals surface area contributed by atoms with Crippen molar-refractivity contribution in [2.24, 2.45) is 0 Å². The van der Waals surface area contributed by atoms with Crippen LogP contribution in [0.5, 0.6) is 11.5 Å². The summed E-state index contributed by atoms with van der Waals surface area (Å²) in [6.45, 7) is 7.43. The number of quaternary nitrogens is 1. The van der Waals surface area contributed by atoms with E-state index in [4.69, 9.17) is 9.47 Å². The molecule has 2 atom stereocenters. The van der Waals surface area contributed by atoms with E-state index in [0.29, 0.717) is 6.04 Å². The first-order chi connectivity index (χ1) is 14.1. The zero-order chi connectivity index (χ0) is 20.6. The monoisotopic (exact) mass is 410 g/mol. The number of methoxy groups -OCH3 is 1. The molecule has 29 heavy (non-hydrogen) atoms. The number of benzene rings is 2. The maximum atomic E-state index is 5.82. The molecule has 1 heterocycles. The van der Waals surface area contributed by atoms with Gasteiger partial charge in [0, 0.05) is 17.9 Å². The van der Waals surface area contributed by atoms with Crippen molar-refractivity contribution in [2.75, 3.05) is 13.7 Å². The third-order valence-corrected chi connectivity index (χ3v) is 6.21. The summed E-state index contributed by atoms with van der Waals surface area (Å²) in [5.74, 6) is 2.15. The Balaban J connectivity index is 1.78. The summed E-state index contributed by atoms with van der Waals surface area (Å²) in [5, 5.41) is 4.59. The van der Waals surface area contributed by atoms with E-state index in [1.54, 1.807) is 7.11 Å². The van der Waals surface area contributed by atoms with Gasteiger partial charge in [0.25, 0.3) is 0 Å². The molecule has 1 aromatic heterocycles. The predicted octanol–water partition coefficient (Wildman–Crippen LogP) is 5.39. The molecule has 3 nitrogen and oxygen atoms in total. The van der Waals surface area contributed by atoms with E-state index >= 15 is 0 Å². The van der Waals surface area contributed by atoms with Crippen molar-refractivity contribution in [3.05, 3.63) is 82.0 Å². The predicted molar refractivity (Wildman–Crippen MR) is 121 cm³/mol. The summed E-state index contributed by atoms with van der Waals surface area (Å²) < 4.78 is 11.5. The number of para-hydroxylation sites is 1. The molecule has 0 aliphatic rings. The van der Waals surface area contributed by atoms with Crippen molar-refractivity contribution < 1.29 is 14.8 Å². The van der Waals surface area contributed by atoms with E-state index in [1.165, 1.54) is 16.0 Å². The van der Waals surface area contributed by atoms with E-state index in [1.807, 2.05) is 17.4 Å². The van der Waals surface area contributed by atoms with Crippen LogP contribution < -0.4 is 14.8 Å². The Morgan fingerprint density at radius 3 is 2.34 bits per heavy atom. The first-order valence-electron chi connectivity index (χ1n) is 10.3. The number of nitrogens with two attached hydrogens (primary N) is 1. The molecule has 3 aromatic rings. The normalized spacial score (nSPS) is 13.3. The summed E-state index contributed by atoms with van der Waals surface area (Å²) in [7, 11) is 1.75. The topological polar surface area (TPSA) is 35.1 Å². The van der Waals surface area contributed by atoms with Gasteiger partial charge in [-0.15, -0.1) is 11.3 Å². The number of hydrogen-bond donors (Lipinski definition) is 1.